The summed E-state index contributed by atoms with van der Waals surface area (Å²) in [4.78, 5) is 10.1. The van der Waals surface area contributed by atoms with Gasteiger partial charge in [0.25, 0.3) is 6.29 Å². The van der Waals surface area contributed by atoms with Crippen LogP contribution in [0, 0.1) is 0 Å². The number of rotatable bonds is 5. The summed E-state index contributed by atoms with van der Waals surface area (Å²) in [5.41, 5.74) is 0. The number of aliphatic carboxylic acids is 1. The van der Waals surface area contributed by atoms with Gasteiger partial charge in [0.2, 0.25) is 0 Å². The third kappa shape index (κ3) is 3.39. The summed E-state index contributed by atoms with van der Waals surface area (Å²) in [7, 11) is 1.22. The molecule has 0 saturated heterocycles. The maximum absolute atomic E-state index is 10.1. The van der Waals surface area contributed by atoms with E-state index in [-0.39, 0.29) is 13.2 Å². The Bertz CT molecular complexity index is 102. The number of hydrogen-bond donors (Lipinski definition) is 2. The SMILES string of the molecule is COC(OCCO)C(=O)O. The Hall–Kier alpha value is -0.650. The molecule has 0 aliphatic carbocycles. The molecule has 10 heavy (non-hydrogen) atoms. The van der Waals surface area contributed by atoms with Gasteiger partial charge in [-0.25, -0.2) is 4.79 Å². The maximum atomic E-state index is 10.1. The molecule has 0 spiro atoms. The number of carbonyl (C=O) groups is 1. The highest BCUT2D eigenvalue weighted by Gasteiger charge is 2.15. The topological polar surface area (TPSA) is 76.0 Å². The zero-order chi connectivity index (χ0) is 7.98. The van der Waals surface area contributed by atoms with Gasteiger partial charge in [0, 0.05) is 7.11 Å². The second kappa shape index (κ2) is 5.16. The molecule has 0 saturated carbocycles. The lowest BCUT2D eigenvalue weighted by Gasteiger charge is -2.09. The lowest BCUT2D eigenvalue weighted by Crippen LogP contribution is -2.26. The van der Waals surface area contributed by atoms with Crippen molar-refractivity contribution in [3.8, 4) is 0 Å². The summed E-state index contributed by atoms with van der Waals surface area (Å²) in [5.74, 6) is -1.20. The lowest BCUT2D eigenvalue weighted by molar-refractivity contribution is -0.184. The second-order valence-electron chi connectivity index (χ2n) is 1.50. The van der Waals surface area contributed by atoms with E-state index < -0.39 is 12.3 Å². The molecule has 0 aromatic rings. The van der Waals surface area contributed by atoms with Crippen molar-refractivity contribution in [2.75, 3.05) is 20.3 Å². The van der Waals surface area contributed by atoms with Crippen molar-refractivity contribution in [2.24, 2.45) is 0 Å². The van der Waals surface area contributed by atoms with Crippen LogP contribution in [0.15, 0.2) is 0 Å². The molecule has 0 radical (unpaired) electrons. The van der Waals surface area contributed by atoms with Crippen LogP contribution in [0.25, 0.3) is 0 Å². The van der Waals surface area contributed by atoms with Gasteiger partial charge in [0.1, 0.15) is 0 Å². The Morgan fingerprint density at radius 1 is 1.70 bits per heavy atom. The van der Waals surface area contributed by atoms with Gasteiger partial charge in [-0.15, -0.1) is 0 Å². The molecule has 1 unspecified atom stereocenters. The van der Waals surface area contributed by atoms with Crippen LogP contribution in [0.5, 0.6) is 0 Å². The van der Waals surface area contributed by atoms with Gasteiger partial charge in [-0.1, -0.05) is 0 Å². The van der Waals surface area contributed by atoms with Crippen LogP contribution in [0.2, 0.25) is 0 Å². The van der Waals surface area contributed by atoms with E-state index >= 15 is 0 Å². The van der Waals surface area contributed by atoms with Crippen molar-refractivity contribution in [1.29, 1.82) is 0 Å². The molecule has 0 fully saturated rings. The highest BCUT2D eigenvalue weighted by Crippen LogP contribution is 1.91. The number of ether oxygens (including phenoxy) is 2. The normalized spacial score (nSPS) is 13.0. The van der Waals surface area contributed by atoms with Crippen molar-refractivity contribution in [2.45, 2.75) is 6.29 Å². The smallest absolute Gasteiger partial charge is 0.361 e. The monoisotopic (exact) mass is 150 g/mol. The average Bonchev–Trinajstić information content (AvgIpc) is 1.89. The van der Waals surface area contributed by atoms with E-state index in [2.05, 4.69) is 9.47 Å². The summed E-state index contributed by atoms with van der Waals surface area (Å²) < 4.78 is 8.91. The van der Waals surface area contributed by atoms with Gasteiger partial charge >= 0.3 is 5.97 Å². The Morgan fingerprint density at radius 3 is 2.60 bits per heavy atom. The minimum Gasteiger partial charge on any atom is -0.477 e. The van der Waals surface area contributed by atoms with Gasteiger partial charge in [-0.2, -0.15) is 0 Å². The molecule has 0 aromatic heterocycles. The highest BCUT2D eigenvalue weighted by molar-refractivity contribution is 5.70. The summed E-state index contributed by atoms with van der Waals surface area (Å²) in [6.07, 6.45) is -1.27. The van der Waals surface area contributed by atoms with Gasteiger partial charge < -0.3 is 19.7 Å². The molecule has 1 atom stereocenters. The van der Waals surface area contributed by atoms with Crippen molar-refractivity contribution in [3.63, 3.8) is 0 Å². The van der Waals surface area contributed by atoms with Gasteiger partial charge in [0.05, 0.1) is 13.2 Å². The van der Waals surface area contributed by atoms with Crippen LogP contribution in [0.3, 0.4) is 0 Å². The largest absolute Gasteiger partial charge is 0.477 e. The molecule has 0 bridgehead atoms. The molecule has 5 nitrogen and oxygen atoms in total. The number of carboxylic acid groups (broad SMARTS) is 1. The quantitative estimate of drug-likeness (QED) is 0.494. The first-order valence-corrected chi connectivity index (χ1v) is 2.70. The van der Waals surface area contributed by atoms with Crippen LogP contribution in [0.4, 0.5) is 0 Å². The van der Waals surface area contributed by atoms with E-state index in [4.69, 9.17) is 10.2 Å². The van der Waals surface area contributed by atoms with Crippen LogP contribution >= 0.6 is 0 Å². The molecular weight excluding hydrogens is 140 g/mol. The van der Waals surface area contributed by atoms with E-state index in [1.165, 1.54) is 7.11 Å². The molecule has 5 heteroatoms. The fourth-order valence-corrected chi connectivity index (χ4v) is 0.400. The lowest BCUT2D eigenvalue weighted by atomic mass is 10.6. The first-order chi connectivity index (χ1) is 4.72. The fraction of sp³-hybridized carbons (Fsp3) is 0.800. The van der Waals surface area contributed by atoms with Gasteiger partial charge in [-0.05, 0) is 0 Å². The Balaban J connectivity index is 3.50. The van der Waals surface area contributed by atoms with E-state index in [9.17, 15) is 4.79 Å². The molecule has 60 valence electrons. The minimum atomic E-state index is -1.27. The van der Waals surface area contributed by atoms with Crippen molar-refractivity contribution in [1.82, 2.24) is 0 Å². The number of methoxy groups -OCH3 is 1. The molecular formula is C5H10O5. The zero-order valence-corrected chi connectivity index (χ0v) is 5.61. The average molecular weight is 150 g/mol. The minimum absolute atomic E-state index is 0.0369. The number of hydrogen-bond acceptors (Lipinski definition) is 4. The van der Waals surface area contributed by atoms with E-state index in [0.717, 1.165) is 0 Å². The standard InChI is InChI=1S/C5H10O5/c1-9-5(4(7)8)10-3-2-6/h5-6H,2-3H2,1H3,(H,7,8). The molecule has 0 aliphatic rings. The van der Waals surface area contributed by atoms with Gasteiger partial charge in [0.15, 0.2) is 0 Å². The highest BCUT2D eigenvalue weighted by atomic mass is 16.7. The first kappa shape index (κ1) is 9.35. The number of carboxylic acids is 1. The zero-order valence-electron chi connectivity index (χ0n) is 5.61. The Morgan fingerprint density at radius 2 is 2.30 bits per heavy atom. The Labute approximate surface area is 58.2 Å². The predicted octanol–water partition coefficient (Wildman–Crippen LogP) is -0.948. The van der Waals surface area contributed by atoms with Crippen LogP contribution in [0.1, 0.15) is 0 Å². The second-order valence-corrected chi connectivity index (χ2v) is 1.50. The van der Waals surface area contributed by atoms with Crippen molar-refractivity contribution < 1.29 is 24.5 Å². The molecule has 0 rings (SSSR count). The molecule has 2 N–H and O–H groups in total. The summed E-state index contributed by atoms with van der Waals surface area (Å²) >= 11 is 0. The van der Waals surface area contributed by atoms with E-state index in [1.807, 2.05) is 0 Å². The maximum Gasteiger partial charge on any atom is 0.361 e. The molecule has 0 heterocycles. The van der Waals surface area contributed by atoms with E-state index in [0.29, 0.717) is 0 Å². The van der Waals surface area contributed by atoms with Crippen LogP contribution < -0.4 is 0 Å². The van der Waals surface area contributed by atoms with Crippen LogP contribution in [-0.2, 0) is 14.3 Å². The van der Waals surface area contributed by atoms with Gasteiger partial charge in [-0.3, -0.25) is 0 Å². The summed E-state index contributed by atoms with van der Waals surface area (Å²) in [6.45, 7) is -0.252. The molecule has 0 aromatic carbocycles. The Kier molecular flexibility index (Phi) is 4.82. The predicted molar refractivity (Wildman–Crippen MR) is 31.5 cm³/mol. The third-order valence-corrected chi connectivity index (χ3v) is 0.776. The first-order valence-electron chi connectivity index (χ1n) is 2.70. The summed E-state index contributed by atoms with van der Waals surface area (Å²) in [6, 6.07) is 0. The molecule has 0 amide bonds. The van der Waals surface area contributed by atoms with Crippen molar-refractivity contribution >= 4 is 5.97 Å². The molecule has 0 aliphatic heterocycles. The van der Waals surface area contributed by atoms with Crippen LogP contribution in [-0.4, -0.2) is 42.8 Å². The number of aliphatic hydroxyl groups is 1. The van der Waals surface area contributed by atoms with Crippen molar-refractivity contribution in [3.05, 3.63) is 0 Å². The number of aliphatic hydroxyl groups excluding tert-OH is 1. The fourth-order valence-electron chi connectivity index (χ4n) is 0.400. The van der Waals surface area contributed by atoms with E-state index in [1.54, 1.807) is 0 Å². The third-order valence-electron chi connectivity index (χ3n) is 0.776. The summed E-state index contributed by atoms with van der Waals surface area (Å²) in [5, 5.41) is 16.5.